The first kappa shape index (κ1) is 23.3. The number of nitrogens with zero attached hydrogens (tertiary/aromatic N) is 4. The van der Waals surface area contributed by atoms with Gasteiger partial charge in [0.2, 0.25) is 21.7 Å². The molecule has 7 nitrogen and oxygen atoms in total. The largest absolute Gasteiger partial charge is 0.416 e. The van der Waals surface area contributed by atoms with Gasteiger partial charge >= 0.3 is 6.18 Å². The van der Waals surface area contributed by atoms with Crippen molar-refractivity contribution in [1.29, 1.82) is 0 Å². The quantitative estimate of drug-likeness (QED) is 0.510. The zero-order valence-corrected chi connectivity index (χ0v) is 18.3. The van der Waals surface area contributed by atoms with Gasteiger partial charge in [-0.15, -0.1) is 0 Å². The number of sulfonamides is 1. The number of halogens is 4. The van der Waals surface area contributed by atoms with Gasteiger partial charge in [0.05, 0.1) is 16.5 Å². The Kier molecular flexibility index (Phi) is 6.25. The first-order chi connectivity index (χ1) is 15.6. The Morgan fingerprint density at radius 1 is 1.03 bits per heavy atom. The maximum atomic E-state index is 13.5. The average molecular weight is 484 g/mol. The van der Waals surface area contributed by atoms with Crippen LogP contribution in [0.15, 0.2) is 57.9 Å². The summed E-state index contributed by atoms with van der Waals surface area (Å²) in [6.45, 7) is 2.86. The SMILES string of the molecule is C[C@H](c1nc(-c2cccc(C(F)(F)F)c2)no1)N1CCN(S(=O)(=O)c2cccc(F)c2)CC1. The van der Waals surface area contributed by atoms with Gasteiger partial charge in [-0.2, -0.15) is 22.5 Å². The molecule has 1 aromatic heterocycles. The van der Waals surface area contributed by atoms with Crippen LogP contribution in [-0.2, 0) is 16.2 Å². The number of piperazine rings is 1. The number of aromatic nitrogens is 2. The first-order valence-electron chi connectivity index (χ1n) is 10.1. The second kappa shape index (κ2) is 8.84. The van der Waals surface area contributed by atoms with E-state index in [4.69, 9.17) is 4.52 Å². The molecular formula is C21H20F4N4O3S. The number of hydrogen-bond acceptors (Lipinski definition) is 6. The summed E-state index contributed by atoms with van der Waals surface area (Å²) < 4.78 is 84.4. The van der Waals surface area contributed by atoms with Crippen LogP contribution in [-0.4, -0.2) is 53.9 Å². The lowest BCUT2D eigenvalue weighted by Crippen LogP contribution is -2.49. The molecule has 4 rings (SSSR count). The lowest BCUT2D eigenvalue weighted by Gasteiger charge is -2.36. The van der Waals surface area contributed by atoms with Gasteiger partial charge < -0.3 is 4.52 Å². The molecule has 0 amide bonds. The summed E-state index contributed by atoms with van der Waals surface area (Å²) in [4.78, 5) is 6.07. The molecule has 1 aliphatic heterocycles. The van der Waals surface area contributed by atoms with Crippen LogP contribution in [0.4, 0.5) is 17.6 Å². The van der Waals surface area contributed by atoms with Crippen LogP contribution in [0.5, 0.6) is 0 Å². The summed E-state index contributed by atoms with van der Waals surface area (Å²) in [5.74, 6) is -0.379. The summed E-state index contributed by atoms with van der Waals surface area (Å²) in [6.07, 6.45) is -4.48. The third-order valence-electron chi connectivity index (χ3n) is 5.50. The summed E-state index contributed by atoms with van der Waals surface area (Å²) in [7, 11) is -3.82. The Hall–Kier alpha value is -2.83. The number of alkyl halides is 3. The molecule has 1 saturated heterocycles. The van der Waals surface area contributed by atoms with Crippen molar-refractivity contribution >= 4 is 10.0 Å². The van der Waals surface area contributed by atoms with Crippen LogP contribution >= 0.6 is 0 Å². The highest BCUT2D eigenvalue weighted by Gasteiger charge is 2.33. The standard InChI is InChI=1S/C21H20F4N4O3S/c1-14(20-26-19(27-32-20)15-4-2-5-16(12-15)21(23,24)25)28-8-10-29(11-9-28)33(30,31)18-7-3-6-17(22)13-18/h2-7,12-14H,8-11H2,1H3/t14-/m1/s1. The zero-order valence-electron chi connectivity index (χ0n) is 17.5. The molecule has 0 saturated carbocycles. The third-order valence-corrected chi connectivity index (χ3v) is 7.40. The van der Waals surface area contributed by atoms with Crippen molar-refractivity contribution in [3.05, 3.63) is 65.8 Å². The van der Waals surface area contributed by atoms with Gasteiger partial charge in [0, 0.05) is 31.7 Å². The van der Waals surface area contributed by atoms with Crippen molar-refractivity contribution in [3.63, 3.8) is 0 Å². The Bertz CT molecular complexity index is 1240. The molecule has 0 spiro atoms. The van der Waals surface area contributed by atoms with Crippen molar-refractivity contribution in [2.75, 3.05) is 26.2 Å². The number of hydrogen-bond donors (Lipinski definition) is 0. The smallest absolute Gasteiger partial charge is 0.337 e. The lowest BCUT2D eigenvalue weighted by atomic mass is 10.1. The molecule has 33 heavy (non-hydrogen) atoms. The van der Waals surface area contributed by atoms with Crippen LogP contribution in [0, 0.1) is 5.82 Å². The number of benzene rings is 2. The van der Waals surface area contributed by atoms with E-state index in [9.17, 15) is 26.0 Å². The minimum Gasteiger partial charge on any atom is -0.337 e. The van der Waals surface area contributed by atoms with E-state index >= 15 is 0 Å². The minimum absolute atomic E-state index is 0.0373. The molecule has 0 unspecified atom stereocenters. The summed E-state index contributed by atoms with van der Waals surface area (Å²) in [6, 6.07) is 9.13. The maximum absolute atomic E-state index is 13.5. The van der Waals surface area contributed by atoms with Gasteiger partial charge in [0.1, 0.15) is 5.82 Å². The summed E-state index contributed by atoms with van der Waals surface area (Å²) in [5, 5.41) is 3.81. The van der Waals surface area contributed by atoms with Crippen molar-refractivity contribution in [2.45, 2.75) is 24.0 Å². The summed E-state index contributed by atoms with van der Waals surface area (Å²) >= 11 is 0. The van der Waals surface area contributed by atoms with Crippen LogP contribution in [0.1, 0.15) is 24.4 Å². The Balaban J connectivity index is 1.44. The van der Waals surface area contributed by atoms with Crippen molar-refractivity contribution in [2.24, 2.45) is 0 Å². The molecule has 0 aliphatic carbocycles. The molecule has 1 atom stereocenters. The molecule has 1 aliphatic rings. The Morgan fingerprint density at radius 2 is 1.73 bits per heavy atom. The van der Waals surface area contributed by atoms with Gasteiger partial charge in [0.15, 0.2) is 0 Å². The van der Waals surface area contributed by atoms with E-state index in [1.54, 1.807) is 6.92 Å². The molecule has 176 valence electrons. The Labute approximate surface area is 187 Å². The first-order valence-corrected chi connectivity index (χ1v) is 11.5. The molecule has 1 fully saturated rings. The molecule has 0 N–H and O–H groups in total. The van der Waals surface area contributed by atoms with E-state index in [0.717, 1.165) is 18.2 Å². The van der Waals surface area contributed by atoms with Crippen molar-refractivity contribution in [1.82, 2.24) is 19.3 Å². The predicted octanol–water partition coefficient (Wildman–Crippen LogP) is 3.96. The predicted molar refractivity (Wildman–Crippen MR) is 110 cm³/mol. The van der Waals surface area contributed by atoms with Gasteiger partial charge in [0.25, 0.3) is 0 Å². The molecule has 0 bridgehead atoms. The zero-order chi connectivity index (χ0) is 23.8. The fourth-order valence-electron chi connectivity index (χ4n) is 3.62. The van der Waals surface area contributed by atoms with Crippen LogP contribution in [0.2, 0.25) is 0 Å². The second-order valence-electron chi connectivity index (χ2n) is 7.61. The fraction of sp³-hybridized carbons (Fsp3) is 0.333. The molecule has 3 aromatic rings. The number of rotatable bonds is 5. The molecular weight excluding hydrogens is 464 g/mol. The monoisotopic (exact) mass is 484 g/mol. The van der Waals surface area contributed by atoms with Gasteiger partial charge in [-0.25, -0.2) is 12.8 Å². The topological polar surface area (TPSA) is 79.5 Å². The van der Waals surface area contributed by atoms with Crippen LogP contribution < -0.4 is 0 Å². The molecule has 0 radical (unpaired) electrons. The van der Waals surface area contributed by atoms with Crippen LogP contribution in [0.25, 0.3) is 11.4 Å². The Morgan fingerprint density at radius 3 is 2.39 bits per heavy atom. The van der Waals surface area contributed by atoms with E-state index < -0.39 is 27.6 Å². The van der Waals surface area contributed by atoms with E-state index in [0.29, 0.717) is 13.1 Å². The van der Waals surface area contributed by atoms with E-state index in [1.165, 1.54) is 34.6 Å². The maximum Gasteiger partial charge on any atom is 0.416 e. The fourth-order valence-corrected chi connectivity index (χ4v) is 5.07. The highest BCUT2D eigenvalue weighted by Crippen LogP contribution is 2.32. The second-order valence-corrected chi connectivity index (χ2v) is 9.55. The lowest BCUT2D eigenvalue weighted by molar-refractivity contribution is -0.137. The normalized spacial score (nSPS) is 17.2. The van der Waals surface area contributed by atoms with Gasteiger partial charge in [-0.05, 0) is 37.3 Å². The molecule has 2 heterocycles. The van der Waals surface area contributed by atoms with E-state index in [-0.39, 0.29) is 41.3 Å². The van der Waals surface area contributed by atoms with Crippen molar-refractivity contribution < 1.29 is 30.5 Å². The van der Waals surface area contributed by atoms with E-state index in [1.807, 2.05) is 4.90 Å². The molecule has 12 heteroatoms. The molecule has 2 aromatic carbocycles. The van der Waals surface area contributed by atoms with Crippen molar-refractivity contribution in [3.8, 4) is 11.4 Å². The van der Waals surface area contributed by atoms with E-state index in [2.05, 4.69) is 10.1 Å². The third kappa shape index (κ3) is 4.92. The van der Waals surface area contributed by atoms with Crippen LogP contribution in [0.3, 0.4) is 0 Å². The highest BCUT2D eigenvalue weighted by molar-refractivity contribution is 7.89. The highest BCUT2D eigenvalue weighted by atomic mass is 32.2. The average Bonchev–Trinajstić information content (AvgIpc) is 3.28. The van der Waals surface area contributed by atoms with Gasteiger partial charge in [-0.3, -0.25) is 4.90 Å². The minimum atomic E-state index is -4.48. The summed E-state index contributed by atoms with van der Waals surface area (Å²) in [5.41, 5.74) is -0.631. The van der Waals surface area contributed by atoms with Gasteiger partial charge in [-0.1, -0.05) is 23.4 Å².